The molecule has 0 amide bonds. The van der Waals surface area contributed by atoms with E-state index in [-0.39, 0.29) is 0 Å². The number of nitrogens with one attached hydrogen (secondary N) is 1. The van der Waals surface area contributed by atoms with Crippen LogP contribution in [0.5, 0.6) is 0 Å². The summed E-state index contributed by atoms with van der Waals surface area (Å²) in [5.74, 6) is 0. The second-order valence-corrected chi connectivity index (χ2v) is 4.21. The van der Waals surface area contributed by atoms with Gasteiger partial charge < -0.3 is 10.1 Å². The molecule has 90 valence electrons. The van der Waals surface area contributed by atoms with Crippen LogP contribution < -0.4 is 5.32 Å². The zero-order valence-corrected chi connectivity index (χ0v) is 10.8. The lowest BCUT2D eigenvalue weighted by atomic mass is 10.1. The highest BCUT2D eigenvalue weighted by atomic mass is 35.5. The van der Waals surface area contributed by atoms with E-state index in [0.717, 1.165) is 31.2 Å². The van der Waals surface area contributed by atoms with Crippen molar-refractivity contribution in [3.63, 3.8) is 0 Å². The molecule has 16 heavy (non-hydrogen) atoms. The van der Waals surface area contributed by atoms with E-state index < -0.39 is 0 Å². The first-order valence-corrected chi connectivity index (χ1v) is 6.18. The highest BCUT2D eigenvalue weighted by Gasteiger charge is 2.03. The summed E-state index contributed by atoms with van der Waals surface area (Å²) in [6, 6.07) is 8.33. The maximum Gasteiger partial charge on any atom is 0.0477 e. The molecule has 3 heteroatoms. The van der Waals surface area contributed by atoms with E-state index in [4.69, 9.17) is 16.3 Å². The van der Waals surface area contributed by atoms with Crippen molar-refractivity contribution in [1.82, 2.24) is 5.32 Å². The van der Waals surface area contributed by atoms with E-state index in [1.165, 1.54) is 5.56 Å². The summed E-state index contributed by atoms with van der Waals surface area (Å²) in [7, 11) is 0. The molecule has 0 heterocycles. The van der Waals surface area contributed by atoms with E-state index in [1.807, 2.05) is 19.1 Å². The molecule has 1 atom stereocenters. The lowest BCUT2D eigenvalue weighted by Gasteiger charge is -2.14. The number of benzene rings is 1. The molecule has 1 rings (SSSR count). The predicted molar refractivity (Wildman–Crippen MR) is 69.0 cm³/mol. The van der Waals surface area contributed by atoms with Gasteiger partial charge in [0.2, 0.25) is 0 Å². The SMILES string of the molecule is CCOCCCN[C@@H](C)c1ccc(Cl)cc1. The zero-order valence-electron chi connectivity index (χ0n) is 10.0. The third-order valence-corrected chi connectivity index (χ3v) is 2.74. The smallest absolute Gasteiger partial charge is 0.0477 e. The van der Waals surface area contributed by atoms with Crippen LogP contribution in [-0.2, 0) is 4.74 Å². The molecule has 0 unspecified atom stereocenters. The van der Waals surface area contributed by atoms with E-state index in [2.05, 4.69) is 24.4 Å². The Labute approximate surface area is 103 Å². The van der Waals surface area contributed by atoms with Crippen molar-refractivity contribution in [1.29, 1.82) is 0 Å². The molecule has 1 aromatic rings. The van der Waals surface area contributed by atoms with Gasteiger partial charge in [0, 0.05) is 24.3 Å². The van der Waals surface area contributed by atoms with Gasteiger partial charge in [0.05, 0.1) is 0 Å². The van der Waals surface area contributed by atoms with Crippen molar-refractivity contribution in [2.45, 2.75) is 26.3 Å². The number of ether oxygens (including phenoxy) is 1. The molecule has 0 spiro atoms. The quantitative estimate of drug-likeness (QED) is 0.739. The zero-order chi connectivity index (χ0) is 11.8. The van der Waals surface area contributed by atoms with Crippen LogP contribution in [0.2, 0.25) is 5.02 Å². The molecule has 0 bridgehead atoms. The average molecular weight is 242 g/mol. The van der Waals surface area contributed by atoms with Crippen molar-refractivity contribution in [2.24, 2.45) is 0 Å². The Kier molecular flexibility index (Phi) is 6.46. The summed E-state index contributed by atoms with van der Waals surface area (Å²) in [5.41, 5.74) is 1.26. The first-order valence-electron chi connectivity index (χ1n) is 5.80. The molecule has 1 N–H and O–H groups in total. The van der Waals surface area contributed by atoms with Gasteiger partial charge in [-0.15, -0.1) is 0 Å². The summed E-state index contributed by atoms with van der Waals surface area (Å²) in [5, 5.41) is 4.24. The standard InChI is InChI=1S/C13H20ClNO/c1-3-16-10-4-9-15-11(2)12-5-7-13(14)8-6-12/h5-8,11,15H,3-4,9-10H2,1-2H3/t11-/m0/s1. The molecule has 0 aliphatic heterocycles. The fourth-order valence-corrected chi connectivity index (χ4v) is 1.63. The monoisotopic (exact) mass is 241 g/mol. The summed E-state index contributed by atoms with van der Waals surface area (Å²) < 4.78 is 5.28. The van der Waals surface area contributed by atoms with Crippen LogP contribution in [0.25, 0.3) is 0 Å². The second kappa shape index (κ2) is 7.66. The molecule has 0 fully saturated rings. The molecule has 2 nitrogen and oxygen atoms in total. The minimum Gasteiger partial charge on any atom is -0.382 e. The summed E-state index contributed by atoms with van der Waals surface area (Å²) >= 11 is 5.84. The Hall–Kier alpha value is -0.570. The Morgan fingerprint density at radius 1 is 1.31 bits per heavy atom. The lowest BCUT2D eigenvalue weighted by Crippen LogP contribution is -2.20. The van der Waals surface area contributed by atoms with Gasteiger partial charge in [-0.05, 0) is 44.5 Å². The Morgan fingerprint density at radius 2 is 2.00 bits per heavy atom. The van der Waals surface area contributed by atoms with Gasteiger partial charge in [-0.1, -0.05) is 23.7 Å². The van der Waals surface area contributed by atoms with Crippen molar-refractivity contribution < 1.29 is 4.74 Å². The minimum absolute atomic E-state index is 0.360. The summed E-state index contributed by atoms with van der Waals surface area (Å²) in [6.45, 7) is 6.78. The number of hydrogen-bond acceptors (Lipinski definition) is 2. The molecule has 0 aliphatic rings. The highest BCUT2D eigenvalue weighted by molar-refractivity contribution is 6.30. The number of halogens is 1. The van der Waals surface area contributed by atoms with Crippen LogP contribution in [0.1, 0.15) is 31.9 Å². The van der Waals surface area contributed by atoms with Gasteiger partial charge in [-0.25, -0.2) is 0 Å². The van der Waals surface area contributed by atoms with E-state index >= 15 is 0 Å². The predicted octanol–water partition coefficient (Wildman–Crippen LogP) is 3.42. The van der Waals surface area contributed by atoms with Gasteiger partial charge in [0.15, 0.2) is 0 Å². The molecular formula is C13H20ClNO. The van der Waals surface area contributed by atoms with Crippen LogP contribution in [-0.4, -0.2) is 19.8 Å². The maximum absolute atomic E-state index is 5.84. The van der Waals surface area contributed by atoms with E-state index in [0.29, 0.717) is 6.04 Å². The Morgan fingerprint density at radius 3 is 2.62 bits per heavy atom. The van der Waals surface area contributed by atoms with Gasteiger partial charge >= 0.3 is 0 Å². The molecule has 0 saturated heterocycles. The first kappa shape index (κ1) is 13.5. The van der Waals surface area contributed by atoms with E-state index in [9.17, 15) is 0 Å². The van der Waals surface area contributed by atoms with Crippen molar-refractivity contribution in [2.75, 3.05) is 19.8 Å². The van der Waals surface area contributed by atoms with Gasteiger partial charge in [0.25, 0.3) is 0 Å². The summed E-state index contributed by atoms with van der Waals surface area (Å²) in [6.07, 6.45) is 1.05. The normalized spacial score (nSPS) is 12.7. The maximum atomic E-state index is 5.84. The molecule has 0 aliphatic carbocycles. The Bertz CT molecular complexity index is 286. The largest absolute Gasteiger partial charge is 0.382 e. The molecule has 0 aromatic heterocycles. The second-order valence-electron chi connectivity index (χ2n) is 3.78. The third kappa shape index (κ3) is 4.97. The minimum atomic E-state index is 0.360. The van der Waals surface area contributed by atoms with Crippen molar-refractivity contribution in [3.05, 3.63) is 34.9 Å². The molecular weight excluding hydrogens is 222 g/mol. The summed E-state index contributed by atoms with van der Waals surface area (Å²) in [4.78, 5) is 0. The molecule has 1 aromatic carbocycles. The lowest BCUT2D eigenvalue weighted by molar-refractivity contribution is 0.144. The topological polar surface area (TPSA) is 21.3 Å². The fraction of sp³-hybridized carbons (Fsp3) is 0.538. The number of rotatable bonds is 7. The number of hydrogen-bond donors (Lipinski definition) is 1. The third-order valence-electron chi connectivity index (χ3n) is 2.49. The van der Waals surface area contributed by atoms with Crippen molar-refractivity contribution >= 4 is 11.6 Å². The van der Waals surface area contributed by atoms with Gasteiger partial charge in [-0.2, -0.15) is 0 Å². The first-order chi connectivity index (χ1) is 7.74. The van der Waals surface area contributed by atoms with Gasteiger partial charge in [0.1, 0.15) is 0 Å². The molecule has 0 radical (unpaired) electrons. The van der Waals surface area contributed by atoms with Crippen LogP contribution in [0.15, 0.2) is 24.3 Å². The van der Waals surface area contributed by atoms with Gasteiger partial charge in [-0.3, -0.25) is 0 Å². The van der Waals surface area contributed by atoms with E-state index in [1.54, 1.807) is 0 Å². The van der Waals surface area contributed by atoms with Crippen molar-refractivity contribution in [3.8, 4) is 0 Å². The Balaban J connectivity index is 2.24. The fourth-order valence-electron chi connectivity index (χ4n) is 1.51. The molecule has 0 saturated carbocycles. The van der Waals surface area contributed by atoms with Crippen LogP contribution in [0, 0.1) is 0 Å². The average Bonchev–Trinajstić information content (AvgIpc) is 2.29. The highest BCUT2D eigenvalue weighted by Crippen LogP contribution is 2.15. The van der Waals surface area contributed by atoms with Crippen LogP contribution in [0.3, 0.4) is 0 Å². The van der Waals surface area contributed by atoms with Crippen LogP contribution >= 0.6 is 11.6 Å². The van der Waals surface area contributed by atoms with Crippen LogP contribution in [0.4, 0.5) is 0 Å².